The summed E-state index contributed by atoms with van der Waals surface area (Å²) in [4.78, 5) is 4.38. The summed E-state index contributed by atoms with van der Waals surface area (Å²) < 4.78 is 28.6. The van der Waals surface area contributed by atoms with Gasteiger partial charge >= 0.3 is 0 Å². The first-order chi connectivity index (χ1) is 10.6. The molecule has 0 N–H and O–H groups in total. The van der Waals surface area contributed by atoms with Crippen molar-refractivity contribution in [3.63, 3.8) is 0 Å². The Hall–Kier alpha value is -2.14. The number of hydrogen-bond donors (Lipinski definition) is 0. The van der Waals surface area contributed by atoms with Crippen molar-refractivity contribution in [2.24, 2.45) is 4.99 Å². The number of hydrogen-bond acceptors (Lipinski definition) is 4. The molecule has 0 radical (unpaired) electrons. The van der Waals surface area contributed by atoms with E-state index in [-0.39, 0.29) is 17.5 Å². The van der Waals surface area contributed by atoms with Gasteiger partial charge in [-0.25, -0.2) is 8.42 Å². The summed E-state index contributed by atoms with van der Waals surface area (Å²) in [6.45, 7) is 0. The number of ether oxygens (including phenoxy) is 1. The zero-order valence-electron chi connectivity index (χ0n) is 12.1. The largest absolute Gasteiger partial charge is 0.457 e. The van der Waals surface area contributed by atoms with Gasteiger partial charge in [0.05, 0.1) is 17.5 Å². The van der Waals surface area contributed by atoms with Crippen molar-refractivity contribution in [1.82, 2.24) is 0 Å². The van der Waals surface area contributed by atoms with Crippen LogP contribution in [0.2, 0.25) is 0 Å². The number of aliphatic imine (C=N–C) groups is 1. The quantitative estimate of drug-likeness (QED) is 0.815. The molecule has 0 aromatic heterocycles. The van der Waals surface area contributed by atoms with Crippen LogP contribution < -0.4 is 4.74 Å². The summed E-state index contributed by atoms with van der Waals surface area (Å²) in [5, 5.41) is 0. The minimum atomic E-state index is -2.89. The first-order valence-electron chi connectivity index (χ1n) is 7.17. The van der Waals surface area contributed by atoms with E-state index in [9.17, 15) is 8.42 Å². The van der Waals surface area contributed by atoms with Crippen molar-refractivity contribution in [1.29, 1.82) is 0 Å². The summed E-state index contributed by atoms with van der Waals surface area (Å²) in [5.74, 6) is 1.91. The molecule has 1 fully saturated rings. The highest BCUT2D eigenvalue weighted by atomic mass is 32.2. The molecular formula is C17H17NO3S. The van der Waals surface area contributed by atoms with E-state index in [2.05, 4.69) is 4.99 Å². The molecule has 1 atom stereocenters. The third kappa shape index (κ3) is 3.95. The van der Waals surface area contributed by atoms with Gasteiger partial charge < -0.3 is 4.74 Å². The predicted octanol–water partition coefficient (Wildman–Crippen LogP) is 3.08. The summed E-state index contributed by atoms with van der Waals surface area (Å²) in [7, 11) is -2.89. The van der Waals surface area contributed by atoms with E-state index < -0.39 is 9.84 Å². The average molecular weight is 315 g/mol. The fourth-order valence-electron chi connectivity index (χ4n) is 2.37. The topological polar surface area (TPSA) is 55.7 Å². The lowest BCUT2D eigenvalue weighted by atomic mass is 10.2. The van der Waals surface area contributed by atoms with Crippen LogP contribution in [0.3, 0.4) is 0 Å². The SMILES string of the molecule is O=S1(=O)CC[C@H](N=Cc2cccc(Oc3ccccc3)c2)C1. The molecule has 2 aromatic carbocycles. The van der Waals surface area contributed by atoms with Crippen molar-refractivity contribution in [3.05, 3.63) is 60.2 Å². The Balaban J connectivity index is 1.69. The fourth-order valence-corrected chi connectivity index (χ4v) is 4.00. The lowest BCUT2D eigenvalue weighted by Crippen LogP contribution is -2.07. The zero-order chi connectivity index (χ0) is 15.4. The third-order valence-corrected chi connectivity index (χ3v) is 5.23. The maximum absolute atomic E-state index is 11.4. The Bertz CT molecular complexity index is 770. The van der Waals surface area contributed by atoms with Crippen LogP contribution in [0.15, 0.2) is 59.6 Å². The molecule has 114 valence electrons. The zero-order valence-corrected chi connectivity index (χ0v) is 12.9. The molecule has 5 heteroatoms. The van der Waals surface area contributed by atoms with Gasteiger partial charge in [-0.1, -0.05) is 30.3 Å². The number of sulfone groups is 1. The lowest BCUT2D eigenvalue weighted by molar-refractivity contribution is 0.482. The highest BCUT2D eigenvalue weighted by Crippen LogP contribution is 2.21. The second kappa shape index (κ2) is 6.32. The number of nitrogens with zero attached hydrogens (tertiary/aromatic N) is 1. The normalized spacial score (nSPS) is 20.3. The standard InChI is InChI=1S/C17H17NO3S/c19-22(20)10-9-15(13-22)18-12-14-5-4-8-17(11-14)21-16-6-2-1-3-7-16/h1-8,11-12,15H,9-10,13H2/t15-/m0/s1. The summed E-state index contributed by atoms with van der Waals surface area (Å²) in [6.07, 6.45) is 2.34. The van der Waals surface area contributed by atoms with Gasteiger partial charge in [0.2, 0.25) is 0 Å². The van der Waals surface area contributed by atoms with Gasteiger partial charge in [0.1, 0.15) is 11.5 Å². The van der Waals surface area contributed by atoms with Gasteiger partial charge in [-0.3, -0.25) is 4.99 Å². The Morgan fingerprint density at radius 2 is 1.82 bits per heavy atom. The van der Waals surface area contributed by atoms with Gasteiger partial charge in [-0.05, 0) is 36.2 Å². The second-order valence-electron chi connectivity index (χ2n) is 5.32. The van der Waals surface area contributed by atoms with Crippen LogP contribution in [-0.2, 0) is 9.84 Å². The molecule has 0 bridgehead atoms. The molecule has 1 heterocycles. The van der Waals surface area contributed by atoms with E-state index in [0.717, 1.165) is 17.1 Å². The van der Waals surface area contributed by atoms with Crippen molar-refractivity contribution in [3.8, 4) is 11.5 Å². The van der Waals surface area contributed by atoms with Crippen LogP contribution in [0.5, 0.6) is 11.5 Å². The molecule has 0 aliphatic carbocycles. The Labute approximate surface area is 130 Å². The molecule has 0 unspecified atom stereocenters. The first-order valence-corrected chi connectivity index (χ1v) is 8.99. The third-order valence-electron chi connectivity index (χ3n) is 3.48. The van der Waals surface area contributed by atoms with Crippen molar-refractivity contribution in [2.75, 3.05) is 11.5 Å². The van der Waals surface area contributed by atoms with Crippen LogP contribution in [0.4, 0.5) is 0 Å². The highest BCUT2D eigenvalue weighted by Gasteiger charge is 2.26. The van der Waals surface area contributed by atoms with Crippen LogP contribution >= 0.6 is 0 Å². The molecular weight excluding hydrogens is 298 g/mol. The smallest absolute Gasteiger partial charge is 0.152 e. The second-order valence-corrected chi connectivity index (χ2v) is 7.55. The molecule has 4 nitrogen and oxygen atoms in total. The van der Waals surface area contributed by atoms with Gasteiger partial charge in [-0.2, -0.15) is 0 Å². The summed E-state index contributed by atoms with van der Waals surface area (Å²) in [5.41, 5.74) is 0.901. The van der Waals surface area contributed by atoms with Gasteiger partial charge in [0, 0.05) is 6.21 Å². The summed E-state index contributed by atoms with van der Waals surface area (Å²) >= 11 is 0. The molecule has 0 saturated carbocycles. The van der Waals surface area contributed by atoms with Gasteiger partial charge in [0.15, 0.2) is 9.84 Å². The minimum Gasteiger partial charge on any atom is -0.457 e. The highest BCUT2D eigenvalue weighted by molar-refractivity contribution is 7.91. The van der Waals surface area contributed by atoms with E-state index in [4.69, 9.17) is 4.74 Å². The maximum Gasteiger partial charge on any atom is 0.152 e. The predicted molar refractivity (Wildman–Crippen MR) is 87.6 cm³/mol. The van der Waals surface area contributed by atoms with Gasteiger partial charge in [0.25, 0.3) is 0 Å². The van der Waals surface area contributed by atoms with Crippen molar-refractivity contribution in [2.45, 2.75) is 12.5 Å². The van der Waals surface area contributed by atoms with Crippen LogP contribution in [0.25, 0.3) is 0 Å². The van der Waals surface area contributed by atoms with E-state index in [0.29, 0.717) is 6.42 Å². The van der Waals surface area contributed by atoms with Crippen LogP contribution in [0, 0.1) is 0 Å². The van der Waals surface area contributed by atoms with Gasteiger partial charge in [-0.15, -0.1) is 0 Å². The fraction of sp³-hybridized carbons (Fsp3) is 0.235. The van der Waals surface area contributed by atoms with Crippen molar-refractivity contribution >= 4 is 16.1 Å². The van der Waals surface area contributed by atoms with E-state index in [1.54, 1.807) is 6.21 Å². The summed E-state index contributed by atoms with van der Waals surface area (Å²) in [6, 6.07) is 17.0. The monoisotopic (exact) mass is 315 g/mol. The average Bonchev–Trinajstić information content (AvgIpc) is 2.86. The first kappa shape index (κ1) is 14.8. The van der Waals surface area contributed by atoms with E-state index in [1.165, 1.54) is 0 Å². The molecule has 2 aromatic rings. The molecule has 22 heavy (non-hydrogen) atoms. The molecule has 0 spiro atoms. The Kier molecular flexibility index (Phi) is 4.24. The molecule has 3 rings (SSSR count). The van der Waals surface area contributed by atoms with Crippen molar-refractivity contribution < 1.29 is 13.2 Å². The maximum atomic E-state index is 11.4. The molecule has 1 saturated heterocycles. The lowest BCUT2D eigenvalue weighted by Gasteiger charge is -2.06. The number of para-hydroxylation sites is 1. The van der Waals surface area contributed by atoms with Crippen LogP contribution in [0.1, 0.15) is 12.0 Å². The Morgan fingerprint density at radius 3 is 2.55 bits per heavy atom. The molecule has 1 aliphatic rings. The van der Waals surface area contributed by atoms with E-state index in [1.807, 2.05) is 54.6 Å². The Morgan fingerprint density at radius 1 is 1.05 bits per heavy atom. The number of benzene rings is 2. The molecule has 1 aliphatic heterocycles. The minimum absolute atomic E-state index is 0.122. The number of rotatable bonds is 4. The molecule has 0 amide bonds. The van der Waals surface area contributed by atoms with E-state index >= 15 is 0 Å². The van der Waals surface area contributed by atoms with Crippen LogP contribution in [-0.4, -0.2) is 32.2 Å².